The molecule has 5 rings (SSSR count). The molecule has 0 aromatic heterocycles. The van der Waals surface area contributed by atoms with E-state index in [4.69, 9.17) is 9.47 Å². The molecule has 4 atom stereocenters. The number of carbonyl (C=O) groups is 1. The molecule has 57 heavy (non-hydrogen) atoms. The van der Waals surface area contributed by atoms with E-state index in [9.17, 15) is 9.90 Å². The van der Waals surface area contributed by atoms with Crippen molar-refractivity contribution in [2.24, 2.45) is 5.92 Å². The van der Waals surface area contributed by atoms with Crippen molar-refractivity contribution in [2.75, 3.05) is 19.6 Å². The van der Waals surface area contributed by atoms with Crippen molar-refractivity contribution in [2.45, 2.75) is 136 Å². The molecule has 1 heterocycles. The number of hydrogen-bond acceptors (Lipinski definition) is 5. The molecule has 1 saturated heterocycles. The Balaban J connectivity index is 1.30. The van der Waals surface area contributed by atoms with E-state index in [1.165, 1.54) is 77.0 Å². The zero-order chi connectivity index (χ0) is 40.1. The summed E-state index contributed by atoms with van der Waals surface area (Å²) in [5.74, 6) is 0.134. The van der Waals surface area contributed by atoms with Crippen molar-refractivity contribution in [3.8, 4) is 11.1 Å². The molecule has 0 saturated carbocycles. The van der Waals surface area contributed by atoms with Crippen LogP contribution in [0.5, 0.6) is 0 Å². The van der Waals surface area contributed by atoms with Gasteiger partial charge in [-0.1, -0.05) is 176 Å². The predicted octanol–water partition coefficient (Wildman–Crippen LogP) is 11.7. The summed E-state index contributed by atoms with van der Waals surface area (Å²) in [5.41, 5.74) is 7.22. The Labute approximate surface area is 343 Å². The van der Waals surface area contributed by atoms with E-state index < -0.39 is 6.29 Å². The van der Waals surface area contributed by atoms with Crippen LogP contribution in [0.4, 0.5) is 4.79 Å². The van der Waals surface area contributed by atoms with E-state index in [2.05, 4.69) is 84.8 Å². The molecule has 0 aliphatic carbocycles. The predicted molar refractivity (Wildman–Crippen MR) is 234 cm³/mol. The van der Waals surface area contributed by atoms with Crippen LogP contribution in [0, 0.1) is 5.92 Å². The Morgan fingerprint density at radius 1 is 0.614 bits per heavy atom. The highest BCUT2D eigenvalue weighted by Crippen LogP contribution is 2.42. The van der Waals surface area contributed by atoms with Crippen molar-refractivity contribution in [3.63, 3.8) is 0 Å². The van der Waals surface area contributed by atoms with Crippen molar-refractivity contribution in [3.05, 3.63) is 131 Å². The van der Waals surface area contributed by atoms with Crippen LogP contribution in [-0.2, 0) is 29.2 Å². The van der Waals surface area contributed by atoms with Crippen molar-refractivity contribution in [1.29, 1.82) is 0 Å². The Hall–Kier alpha value is -4.01. The molecule has 0 unspecified atom stereocenters. The number of amides is 2. The summed E-state index contributed by atoms with van der Waals surface area (Å²) in [6.45, 7) is 10.8. The van der Waals surface area contributed by atoms with Gasteiger partial charge in [0.15, 0.2) is 6.29 Å². The highest BCUT2D eigenvalue weighted by molar-refractivity contribution is 5.74. The molecule has 7 nitrogen and oxygen atoms in total. The quantitative estimate of drug-likeness (QED) is 0.0618. The van der Waals surface area contributed by atoms with Gasteiger partial charge in [-0.25, -0.2) is 4.79 Å². The van der Waals surface area contributed by atoms with Crippen LogP contribution < -0.4 is 10.6 Å². The lowest BCUT2D eigenvalue weighted by Gasteiger charge is -2.43. The van der Waals surface area contributed by atoms with Crippen LogP contribution in [0.15, 0.2) is 103 Å². The Kier molecular flexibility index (Phi) is 19.1. The number of urea groups is 1. The molecule has 308 valence electrons. The van der Waals surface area contributed by atoms with Gasteiger partial charge in [0.1, 0.15) is 0 Å². The van der Waals surface area contributed by atoms with Gasteiger partial charge < -0.3 is 30.1 Å². The summed E-state index contributed by atoms with van der Waals surface area (Å²) in [6.07, 6.45) is 14.8. The van der Waals surface area contributed by atoms with E-state index in [0.717, 1.165) is 58.6 Å². The van der Waals surface area contributed by atoms with E-state index in [0.29, 0.717) is 13.1 Å². The number of aliphatic hydroxyl groups excluding tert-OH is 1. The third kappa shape index (κ3) is 14.7. The number of carbonyl (C=O) groups excluding carboxylic acids is 1. The molecule has 1 fully saturated rings. The van der Waals surface area contributed by atoms with Gasteiger partial charge >= 0.3 is 6.03 Å². The fourth-order valence-electron chi connectivity index (χ4n) is 7.86. The molecule has 7 heteroatoms. The van der Waals surface area contributed by atoms with Crippen molar-refractivity contribution >= 4 is 6.03 Å². The Bertz CT molecular complexity index is 1700. The minimum absolute atomic E-state index is 0.0162. The maximum Gasteiger partial charge on any atom is 0.315 e. The Morgan fingerprint density at radius 2 is 1.19 bits per heavy atom. The smallest absolute Gasteiger partial charge is 0.315 e. The first-order valence-corrected chi connectivity index (χ1v) is 21.9. The van der Waals surface area contributed by atoms with Crippen LogP contribution >= 0.6 is 0 Å². The highest BCUT2D eigenvalue weighted by atomic mass is 16.7. The number of rotatable bonds is 24. The van der Waals surface area contributed by atoms with Gasteiger partial charge in [-0.2, -0.15) is 0 Å². The van der Waals surface area contributed by atoms with Gasteiger partial charge in [0, 0.05) is 31.1 Å². The maximum absolute atomic E-state index is 12.6. The summed E-state index contributed by atoms with van der Waals surface area (Å²) in [6, 6.07) is 34.8. The monoisotopic (exact) mass is 776 g/mol. The first-order chi connectivity index (χ1) is 28.0. The number of nitrogens with zero attached hydrogens (tertiary/aromatic N) is 1. The minimum atomic E-state index is -0.531. The average molecular weight is 776 g/mol. The maximum atomic E-state index is 12.6. The molecule has 4 aromatic carbocycles. The van der Waals surface area contributed by atoms with E-state index in [1.807, 2.05) is 54.6 Å². The number of unbranched alkanes of at least 4 members (excludes halogenated alkanes) is 10. The SMILES string of the molecule is CCCCCCCCN(CCCCCCCC)C[C@H]1O[C@@H](c2cccc(-c3cccc(CNC(=O)NCc4ccccc4)c3)c2)O[C@@H](c2ccc(CO)cc2)[C@H]1C. The Morgan fingerprint density at radius 3 is 1.84 bits per heavy atom. The molecule has 3 N–H and O–H groups in total. The lowest BCUT2D eigenvalue weighted by atomic mass is 9.89. The van der Waals surface area contributed by atoms with Gasteiger partial charge in [-0.05, 0) is 71.4 Å². The molecular formula is C50H69N3O4. The molecule has 1 aliphatic rings. The second-order valence-corrected chi connectivity index (χ2v) is 16.0. The number of ether oxygens (including phenoxy) is 2. The van der Waals surface area contributed by atoms with Crippen LogP contribution in [-0.4, -0.2) is 41.8 Å². The number of nitrogens with one attached hydrogen (secondary N) is 2. The first-order valence-electron chi connectivity index (χ1n) is 21.9. The van der Waals surface area contributed by atoms with Crippen LogP contribution in [0.25, 0.3) is 11.1 Å². The lowest BCUT2D eigenvalue weighted by Crippen LogP contribution is -2.45. The third-order valence-electron chi connectivity index (χ3n) is 11.4. The molecule has 0 bridgehead atoms. The summed E-state index contributed by atoms with van der Waals surface area (Å²) < 4.78 is 13.9. The second-order valence-electron chi connectivity index (χ2n) is 16.0. The zero-order valence-corrected chi connectivity index (χ0v) is 35.0. The molecule has 1 aliphatic heterocycles. The van der Waals surface area contributed by atoms with Crippen molar-refractivity contribution < 1.29 is 19.4 Å². The number of hydrogen-bond donors (Lipinski definition) is 3. The van der Waals surface area contributed by atoms with Crippen LogP contribution in [0.1, 0.15) is 138 Å². The molecule has 0 radical (unpaired) electrons. The summed E-state index contributed by atoms with van der Waals surface area (Å²) >= 11 is 0. The molecule has 0 spiro atoms. The largest absolute Gasteiger partial charge is 0.392 e. The first kappa shape index (κ1) is 44.1. The van der Waals surface area contributed by atoms with Gasteiger partial charge in [0.05, 0.1) is 18.8 Å². The normalized spacial score (nSPS) is 18.1. The third-order valence-corrected chi connectivity index (χ3v) is 11.4. The number of aliphatic hydroxyl groups is 1. The summed E-state index contributed by atoms with van der Waals surface area (Å²) in [7, 11) is 0. The minimum Gasteiger partial charge on any atom is -0.392 e. The van der Waals surface area contributed by atoms with Gasteiger partial charge in [-0.15, -0.1) is 0 Å². The topological polar surface area (TPSA) is 83.1 Å². The van der Waals surface area contributed by atoms with E-state index in [1.54, 1.807) is 0 Å². The van der Waals surface area contributed by atoms with Gasteiger partial charge in [0.2, 0.25) is 0 Å². The molecule has 2 amide bonds. The summed E-state index contributed by atoms with van der Waals surface area (Å²) in [5, 5.41) is 15.7. The van der Waals surface area contributed by atoms with Crippen LogP contribution in [0.3, 0.4) is 0 Å². The highest BCUT2D eigenvalue weighted by Gasteiger charge is 2.39. The van der Waals surface area contributed by atoms with Gasteiger partial charge in [0.25, 0.3) is 0 Å². The summed E-state index contributed by atoms with van der Waals surface area (Å²) in [4.78, 5) is 15.3. The average Bonchev–Trinajstić information content (AvgIpc) is 3.25. The lowest BCUT2D eigenvalue weighted by molar-refractivity contribution is -0.276. The van der Waals surface area contributed by atoms with Crippen LogP contribution in [0.2, 0.25) is 0 Å². The fraction of sp³-hybridized carbons (Fsp3) is 0.500. The van der Waals surface area contributed by atoms with Crippen molar-refractivity contribution in [1.82, 2.24) is 15.5 Å². The zero-order valence-electron chi connectivity index (χ0n) is 35.0. The fourth-order valence-corrected chi connectivity index (χ4v) is 7.86. The second kappa shape index (κ2) is 24.7. The molecular weight excluding hydrogens is 707 g/mol. The van der Waals surface area contributed by atoms with E-state index in [-0.39, 0.29) is 30.8 Å². The van der Waals surface area contributed by atoms with Gasteiger partial charge in [-0.3, -0.25) is 0 Å². The molecule has 4 aromatic rings. The standard InChI is InChI=1S/C50H69N3O4/c1-4-6-8-10-12-17-31-53(32-18-13-11-9-7-5-2)37-47-39(3)48(43-29-27-41(38-54)28-30-43)57-49(56-47)46-26-20-25-45(34-46)44-24-19-23-42(33-44)36-52-50(55)51-35-40-21-15-14-16-22-40/h14-16,19-30,33-34,39,47-49,54H,4-13,17-18,31-32,35-38H2,1-3H3,(H2,51,52,55)/t39-,47+,48+,49+/m0/s1. The van der Waals surface area contributed by atoms with E-state index >= 15 is 0 Å². The number of benzene rings is 4.